The standard InChI is InChI=1S/C22H44.C6H12/c1-3-5-7-9-11-13-15-17-19-21-22-20-18-16-14-12-10-8-6-4-2;1-3-5-6-4-2/h3H,1,4-22H2,2H3;5-6H,3-4H2,1-2H3/b;6-5+. The van der Waals surface area contributed by atoms with E-state index >= 15 is 0 Å². The summed E-state index contributed by atoms with van der Waals surface area (Å²) in [5, 5.41) is 0. The zero-order valence-electron chi connectivity index (χ0n) is 20.3. The van der Waals surface area contributed by atoms with Crippen LogP contribution >= 0.6 is 0 Å². The van der Waals surface area contributed by atoms with Crippen LogP contribution in [-0.2, 0) is 0 Å². The minimum atomic E-state index is 1.17. The molecule has 0 aliphatic carbocycles. The van der Waals surface area contributed by atoms with Gasteiger partial charge in [0.1, 0.15) is 0 Å². The molecule has 0 spiro atoms. The predicted octanol–water partition coefficient (Wildman–Crippen LogP) is 11.0. The third-order valence-corrected chi connectivity index (χ3v) is 5.40. The summed E-state index contributed by atoms with van der Waals surface area (Å²) in [6.07, 6.45) is 36.1. The maximum absolute atomic E-state index is 3.77. The van der Waals surface area contributed by atoms with Gasteiger partial charge in [-0.3, -0.25) is 0 Å². The summed E-state index contributed by atoms with van der Waals surface area (Å²) in [5.74, 6) is 0. The van der Waals surface area contributed by atoms with Gasteiger partial charge in [0.25, 0.3) is 0 Å². The van der Waals surface area contributed by atoms with Crippen molar-refractivity contribution >= 4 is 0 Å². The molecule has 28 heavy (non-hydrogen) atoms. The molecule has 0 aromatic rings. The SMILES string of the molecule is C=CCCCCCCCCCCCCCCCCCCCC.CC/C=C/CC. The molecule has 0 amide bonds. The Balaban J connectivity index is 0. The number of rotatable bonds is 21. The van der Waals surface area contributed by atoms with Crippen LogP contribution in [0.25, 0.3) is 0 Å². The Hall–Kier alpha value is -0.520. The van der Waals surface area contributed by atoms with Crippen LogP contribution in [0.1, 0.15) is 156 Å². The number of unbranched alkanes of at least 4 members (excludes halogenated alkanes) is 18. The summed E-state index contributed by atoms with van der Waals surface area (Å²) >= 11 is 0. The fraction of sp³-hybridized carbons (Fsp3) is 0.857. The molecule has 0 bridgehead atoms. The van der Waals surface area contributed by atoms with Gasteiger partial charge in [-0.2, -0.15) is 0 Å². The normalized spacial score (nSPS) is 10.8. The van der Waals surface area contributed by atoms with Gasteiger partial charge in [0.2, 0.25) is 0 Å². The second-order valence-electron chi connectivity index (χ2n) is 8.38. The molecule has 0 rings (SSSR count). The molecule has 0 aliphatic rings. The lowest BCUT2D eigenvalue weighted by molar-refractivity contribution is 0.525. The lowest BCUT2D eigenvalue weighted by Gasteiger charge is -2.03. The van der Waals surface area contributed by atoms with E-state index in [2.05, 4.69) is 39.5 Å². The zero-order chi connectivity index (χ0) is 21.0. The van der Waals surface area contributed by atoms with Crippen LogP contribution in [0.15, 0.2) is 24.8 Å². The maximum atomic E-state index is 3.77. The Morgan fingerprint density at radius 2 is 0.714 bits per heavy atom. The minimum absolute atomic E-state index is 1.17. The molecule has 0 unspecified atom stereocenters. The van der Waals surface area contributed by atoms with Crippen LogP contribution in [-0.4, -0.2) is 0 Å². The first kappa shape index (κ1) is 29.7. The van der Waals surface area contributed by atoms with Crippen LogP contribution in [0, 0.1) is 0 Å². The van der Waals surface area contributed by atoms with Crippen molar-refractivity contribution in [1.82, 2.24) is 0 Å². The minimum Gasteiger partial charge on any atom is -0.103 e. The Kier molecular flexibility index (Phi) is 33.1. The second-order valence-corrected chi connectivity index (χ2v) is 8.38. The maximum Gasteiger partial charge on any atom is -0.0353 e. The van der Waals surface area contributed by atoms with Crippen molar-refractivity contribution in [1.29, 1.82) is 0 Å². The van der Waals surface area contributed by atoms with E-state index in [4.69, 9.17) is 0 Å². The van der Waals surface area contributed by atoms with Crippen LogP contribution in [0.5, 0.6) is 0 Å². The highest BCUT2D eigenvalue weighted by atomic mass is 14.0. The highest BCUT2D eigenvalue weighted by molar-refractivity contribution is 4.77. The molecule has 0 heteroatoms. The highest BCUT2D eigenvalue weighted by Crippen LogP contribution is 2.14. The van der Waals surface area contributed by atoms with Crippen LogP contribution in [0.3, 0.4) is 0 Å². The Morgan fingerprint density at radius 3 is 0.964 bits per heavy atom. The molecule has 168 valence electrons. The molecule has 0 N–H and O–H groups in total. The van der Waals surface area contributed by atoms with Gasteiger partial charge in [-0.15, -0.1) is 6.58 Å². The molecule has 0 nitrogen and oxygen atoms in total. The van der Waals surface area contributed by atoms with E-state index in [9.17, 15) is 0 Å². The second kappa shape index (κ2) is 31.2. The van der Waals surface area contributed by atoms with E-state index in [1.165, 1.54) is 135 Å². The van der Waals surface area contributed by atoms with Crippen molar-refractivity contribution < 1.29 is 0 Å². The van der Waals surface area contributed by atoms with Crippen molar-refractivity contribution in [2.75, 3.05) is 0 Å². The largest absolute Gasteiger partial charge is 0.103 e. The van der Waals surface area contributed by atoms with Crippen molar-refractivity contribution in [2.24, 2.45) is 0 Å². The molecule has 0 atom stereocenters. The first-order valence-electron chi connectivity index (χ1n) is 13.1. The zero-order valence-corrected chi connectivity index (χ0v) is 20.3. The molecule has 0 aromatic carbocycles. The summed E-state index contributed by atoms with van der Waals surface area (Å²) in [5.41, 5.74) is 0. The van der Waals surface area contributed by atoms with Crippen molar-refractivity contribution in [3.63, 3.8) is 0 Å². The first-order chi connectivity index (χ1) is 13.8. The summed E-state index contributed by atoms with van der Waals surface area (Å²) in [6, 6.07) is 0. The van der Waals surface area contributed by atoms with Gasteiger partial charge < -0.3 is 0 Å². The van der Waals surface area contributed by atoms with Gasteiger partial charge in [0, 0.05) is 0 Å². The average molecular weight is 393 g/mol. The Morgan fingerprint density at radius 1 is 0.429 bits per heavy atom. The molecule has 0 heterocycles. The highest BCUT2D eigenvalue weighted by Gasteiger charge is 1.94. The van der Waals surface area contributed by atoms with E-state index in [0.717, 1.165) is 0 Å². The third-order valence-electron chi connectivity index (χ3n) is 5.40. The first-order valence-corrected chi connectivity index (χ1v) is 13.1. The molecule has 0 fully saturated rings. The van der Waals surface area contributed by atoms with Crippen molar-refractivity contribution in [3.05, 3.63) is 24.8 Å². The summed E-state index contributed by atoms with van der Waals surface area (Å²) in [4.78, 5) is 0. The predicted molar refractivity (Wildman–Crippen MR) is 133 cm³/mol. The lowest BCUT2D eigenvalue weighted by Crippen LogP contribution is -1.84. The van der Waals surface area contributed by atoms with Gasteiger partial charge in [-0.25, -0.2) is 0 Å². The van der Waals surface area contributed by atoms with Crippen LogP contribution < -0.4 is 0 Å². The van der Waals surface area contributed by atoms with Crippen LogP contribution in [0.2, 0.25) is 0 Å². The van der Waals surface area contributed by atoms with E-state index < -0.39 is 0 Å². The van der Waals surface area contributed by atoms with E-state index in [0.29, 0.717) is 0 Å². The number of hydrogen-bond donors (Lipinski definition) is 0. The fourth-order valence-corrected chi connectivity index (χ4v) is 3.52. The van der Waals surface area contributed by atoms with Gasteiger partial charge in [-0.1, -0.05) is 148 Å². The quantitative estimate of drug-likeness (QED) is 0.134. The Bertz CT molecular complexity index is 270. The van der Waals surface area contributed by atoms with Gasteiger partial charge in [0.15, 0.2) is 0 Å². The smallest absolute Gasteiger partial charge is 0.0353 e. The molecule has 0 saturated carbocycles. The van der Waals surface area contributed by atoms with E-state index in [-0.39, 0.29) is 0 Å². The summed E-state index contributed by atoms with van der Waals surface area (Å²) < 4.78 is 0. The van der Waals surface area contributed by atoms with E-state index in [1.807, 2.05) is 6.08 Å². The van der Waals surface area contributed by atoms with Crippen molar-refractivity contribution in [3.8, 4) is 0 Å². The molecule has 0 aliphatic heterocycles. The fourth-order valence-electron chi connectivity index (χ4n) is 3.52. The monoisotopic (exact) mass is 392 g/mol. The van der Waals surface area contributed by atoms with E-state index in [1.54, 1.807) is 0 Å². The summed E-state index contributed by atoms with van der Waals surface area (Å²) in [7, 11) is 0. The molecular formula is C28H56. The topological polar surface area (TPSA) is 0 Å². The van der Waals surface area contributed by atoms with Gasteiger partial charge in [0.05, 0.1) is 0 Å². The molecule has 0 radical (unpaired) electrons. The molecular weight excluding hydrogens is 336 g/mol. The average Bonchev–Trinajstić information content (AvgIpc) is 2.72. The molecule has 0 aromatic heterocycles. The number of allylic oxidation sites excluding steroid dienone is 3. The number of hydrogen-bond acceptors (Lipinski definition) is 0. The molecule has 0 saturated heterocycles. The third kappa shape index (κ3) is 33.1. The Labute approximate surface area is 180 Å². The van der Waals surface area contributed by atoms with Crippen LogP contribution in [0.4, 0.5) is 0 Å². The van der Waals surface area contributed by atoms with Gasteiger partial charge in [-0.05, 0) is 25.7 Å². The van der Waals surface area contributed by atoms with Gasteiger partial charge >= 0.3 is 0 Å². The summed E-state index contributed by atoms with van der Waals surface area (Å²) in [6.45, 7) is 10.4. The lowest BCUT2D eigenvalue weighted by atomic mass is 10.0. The van der Waals surface area contributed by atoms with Crippen molar-refractivity contribution in [2.45, 2.75) is 156 Å².